The monoisotopic (exact) mass is 276 g/mol. The summed E-state index contributed by atoms with van der Waals surface area (Å²) in [5, 5.41) is 3.55. The van der Waals surface area contributed by atoms with Crippen molar-refractivity contribution in [2.45, 2.75) is 32.4 Å². The second-order valence-corrected chi connectivity index (χ2v) is 4.23. The lowest BCUT2D eigenvalue weighted by atomic mass is 10.1. The minimum absolute atomic E-state index is 0. The van der Waals surface area contributed by atoms with Gasteiger partial charge in [-0.15, -0.1) is 12.4 Å². The number of nitrogens with two attached hydrogens (primary N) is 1. The number of nitrogens with one attached hydrogen (secondary N) is 1. The van der Waals surface area contributed by atoms with Gasteiger partial charge in [-0.05, 0) is 31.0 Å². The molecular formula is C12H18Cl2N2O. The van der Waals surface area contributed by atoms with Crippen LogP contribution in [0.25, 0.3) is 0 Å². The third-order valence-corrected chi connectivity index (χ3v) is 2.76. The van der Waals surface area contributed by atoms with Crippen LogP contribution in [-0.2, 0) is 4.79 Å². The standard InChI is InChI=1S/C12H17ClN2O.ClH/c1-3-11(14)12(16)15-8(2)9-4-6-10(13)7-5-9;/h4-8,11H,3,14H2,1-2H3,(H,15,16);1H/t8?,11-;/m0./s1. The maximum atomic E-state index is 11.6. The summed E-state index contributed by atoms with van der Waals surface area (Å²) < 4.78 is 0. The summed E-state index contributed by atoms with van der Waals surface area (Å²) in [6.07, 6.45) is 0.638. The van der Waals surface area contributed by atoms with Crippen molar-refractivity contribution in [3.05, 3.63) is 34.9 Å². The largest absolute Gasteiger partial charge is 0.348 e. The van der Waals surface area contributed by atoms with Crippen LogP contribution < -0.4 is 11.1 Å². The molecule has 0 radical (unpaired) electrons. The highest BCUT2D eigenvalue weighted by atomic mass is 35.5. The molecule has 96 valence electrons. The Hall–Kier alpha value is -0.770. The van der Waals surface area contributed by atoms with Crippen LogP contribution in [0.1, 0.15) is 31.9 Å². The zero-order valence-corrected chi connectivity index (χ0v) is 11.5. The third kappa shape index (κ3) is 4.94. The van der Waals surface area contributed by atoms with Gasteiger partial charge in [-0.3, -0.25) is 4.79 Å². The van der Waals surface area contributed by atoms with Crippen molar-refractivity contribution in [2.24, 2.45) is 5.73 Å². The number of rotatable bonds is 4. The highest BCUT2D eigenvalue weighted by Gasteiger charge is 2.14. The molecule has 1 rings (SSSR count). The molecule has 0 aromatic heterocycles. The first-order valence-corrected chi connectivity index (χ1v) is 5.73. The summed E-state index contributed by atoms with van der Waals surface area (Å²) >= 11 is 5.79. The van der Waals surface area contributed by atoms with Crippen LogP contribution in [0.15, 0.2) is 24.3 Å². The topological polar surface area (TPSA) is 55.1 Å². The summed E-state index contributed by atoms with van der Waals surface area (Å²) in [4.78, 5) is 11.6. The number of halogens is 2. The van der Waals surface area contributed by atoms with Crippen molar-refractivity contribution in [1.29, 1.82) is 0 Å². The first-order valence-electron chi connectivity index (χ1n) is 5.36. The van der Waals surface area contributed by atoms with Crippen molar-refractivity contribution < 1.29 is 4.79 Å². The normalized spacial score (nSPS) is 13.4. The molecule has 0 fully saturated rings. The number of amides is 1. The molecule has 0 aliphatic heterocycles. The van der Waals surface area contributed by atoms with Gasteiger partial charge in [0, 0.05) is 5.02 Å². The van der Waals surface area contributed by atoms with Gasteiger partial charge in [0.05, 0.1) is 12.1 Å². The summed E-state index contributed by atoms with van der Waals surface area (Å²) in [7, 11) is 0. The first-order chi connectivity index (χ1) is 7.54. The van der Waals surface area contributed by atoms with Gasteiger partial charge in [0.2, 0.25) is 5.91 Å². The molecule has 1 unspecified atom stereocenters. The fourth-order valence-corrected chi connectivity index (χ4v) is 1.47. The number of carbonyl (C=O) groups is 1. The molecular weight excluding hydrogens is 259 g/mol. The summed E-state index contributed by atoms with van der Waals surface area (Å²) in [6.45, 7) is 3.81. The Balaban J connectivity index is 0.00000256. The van der Waals surface area contributed by atoms with E-state index in [1.54, 1.807) is 12.1 Å². The van der Waals surface area contributed by atoms with Crippen molar-refractivity contribution in [3.8, 4) is 0 Å². The number of hydrogen-bond donors (Lipinski definition) is 2. The lowest BCUT2D eigenvalue weighted by Crippen LogP contribution is -2.41. The summed E-state index contributed by atoms with van der Waals surface area (Å²) in [5.74, 6) is -0.120. The van der Waals surface area contributed by atoms with Crippen LogP contribution in [0.5, 0.6) is 0 Å². The predicted octanol–water partition coefficient (Wildman–Crippen LogP) is 2.68. The Kier molecular flexibility index (Phi) is 7.19. The number of hydrogen-bond acceptors (Lipinski definition) is 2. The molecule has 3 N–H and O–H groups in total. The highest BCUT2D eigenvalue weighted by molar-refractivity contribution is 6.30. The molecule has 5 heteroatoms. The quantitative estimate of drug-likeness (QED) is 0.889. The first kappa shape index (κ1) is 16.2. The SMILES string of the molecule is CC[C@H](N)C(=O)NC(C)c1ccc(Cl)cc1.Cl. The van der Waals surface area contributed by atoms with Crippen molar-refractivity contribution in [1.82, 2.24) is 5.32 Å². The second kappa shape index (κ2) is 7.54. The molecule has 0 bridgehead atoms. The molecule has 1 aromatic carbocycles. The molecule has 17 heavy (non-hydrogen) atoms. The van der Waals surface area contributed by atoms with Crippen LogP contribution in [0.4, 0.5) is 0 Å². The predicted molar refractivity (Wildman–Crippen MR) is 73.5 cm³/mol. The Morgan fingerprint density at radius 2 is 1.94 bits per heavy atom. The van der Waals surface area contributed by atoms with Gasteiger partial charge in [-0.1, -0.05) is 30.7 Å². The average molecular weight is 277 g/mol. The molecule has 0 aliphatic rings. The molecule has 0 saturated heterocycles. The van der Waals surface area contributed by atoms with E-state index in [2.05, 4.69) is 5.32 Å². The van der Waals surface area contributed by atoms with Gasteiger partial charge in [0.15, 0.2) is 0 Å². The summed E-state index contributed by atoms with van der Waals surface area (Å²) in [6, 6.07) is 6.91. The summed E-state index contributed by atoms with van der Waals surface area (Å²) in [5.41, 5.74) is 6.65. The highest BCUT2D eigenvalue weighted by Crippen LogP contribution is 2.15. The minimum Gasteiger partial charge on any atom is -0.348 e. The lowest BCUT2D eigenvalue weighted by molar-refractivity contribution is -0.123. The van der Waals surface area contributed by atoms with Crippen LogP contribution in [0.3, 0.4) is 0 Å². The van der Waals surface area contributed by atoms with Gasteiger partial charge < -0.3 is 11.1 Å². The fourth-order valence-electron chi connectivity index (χ4n) is 1.34. The average Bonchev–Trinajstić information content (AvgIpc) is 2.28. The van der Waals surface area contributed by atoms with Crippen LogP contribution >= 0.6 is 24.0 Å². The molecule has 1 amide bonds. The Labute approximate surface area is 113 Å². The van der Waals surface area contributed by atoms with E-state index in [1.807, 2.05) is 26.0 Å². The van der Waals surface area contributed by atoms with E-state index < -0.39 is 6.04 Å². The van der Waals surface area contributed by atoms with E-state index >= 15 is 0 Å². The Morgan fingerprint density at radius 1 is 1.41 bits per heavy atom. The molecule has 2 atom stereocenters. The van der Waals surface area contributed by atoms with E-state index in [1.165, 1.54) is 0 Å². The van der Waals surface area contributed by atoms with Gasteiger partial charge in [0.1, 0.15) is 0 Å². The maximum absolute atomic E-state index is 11.6. The van der Waals surface area contributed by atoms with E-state index in [0.29, 0.717) is 11.4 Å². The third-order valence-electron chi connectivity index (χ3n) is 2.51. The van der Waals surface area contributed by atoms with E-state index in [9.17, 15) is 4.79 Å². The Morgan fingerprint density at radius 3 is 2.41 bits per heavy atom. The maximum Gasteiger partial charge on any atom is 0.237 e. The van der Waals surface area contributed by atoms with Crippen LogP contribution in [0, 0.1) is 0 Å². The van der Waals surface area contributed by atoms with Crippen molar-refractivity contribution in [2.75, 3.05) is 0 Å². The van der Waals surface area contributed by atoms with Gasteiger partial charge in [-0.2, -0.15) is 0 Å². The Bertz CT molecular complexity index is 354. The number of carbonyl (C=O) groups excluding carboxylic acids is 1. The smallest absolute Gasteiger partial charge is 0.237 e. The second-order valence-electron chi connectivity index (χ2n) is 3.80. The van der Waals surface area contributed by atoms with Gasteiger partial charge in [0.25, 0.3) is 0 Å². The van der Waals surface area contributed by atoms with E-state index in [4.69, 9.17) is 17.3 Å². The van der Waals surface area contributed by atoms with E-state index in [0.717, 1.165) is 5.56 Å². The molecule has 0 spiro atoms. The van der Waals surface area contributed by atoms with Gasteiger partial charge >= 0.3 is 0 Å². The molecule has 3 nitrogen and oxygen atoms in total. The number of benzene rings is 1. The molecule has 0 aliphatic carbocycles. The molecule has 1 aromatic rings. The van der Waals surface area contributed by atoms with E-state index in [-0.39, 0.29) is 24.4 Å². The van der Waals surface area contributed by atoms with Crippen LogP contribution in [-0.4, -0.2) is 11.9 Å². The minimum atomic E-state index is -0.435. The van der Waals surface area contributed by atoms with Crippen molar-refractivity contribution in [3.63, 3.8) is 0 Å². The fraction of sp³-hybridized carbons (Fsp3) is 0.417. The molecule has 0 heterocycles. The van der Waals surface area contributed by atoms with Gasteiger partial charge in [-0.25, -0.2) is 0 Å². The zero-order valence-electron chi connectivity index (χ0n) is 9.94. The molecule has 0 saturated carbocycles. The lowest BCUT2D eigenvalue weighted by Gasteiger charge is -2.17. The van der Waals surface area contributed by atoms with Crippen LogP contribution in [0.2, 0.25) is 5.02 Å². The van der Waals surface area contributed by atoms with Crippen molar-refractivity contribution >= 4 is 29.9 Å². The zero-order chi connectivity index (χ0) is 12.1.